The Hall–Kier alpha value is -2.05. The van der Waals surface area contributed by atoms with Gasteiger partial charge in [-0.1, -0.05) is 0 Å². The smallest absolute Gasteiger partial charge is 0.240 e. The number of benzene rings is 1. The zero-order valence-electron chi connectivity index (χ0n) is 12.3. The van der Waals surface area contributed by atoms with Crippen molar-refractivity contribution in [2.75, 3.05) is 7.11 Å². The molecule has 0 saturated heterocycles. The van der Waals surface area contributed by atoms with Crippen LogP contribution in [0.25, 0.3) is 5.69 Å². The lowest BCUT2D eigenvalue weighted by atomic mass is 10.2. The number of nitrogens with one attached hydrogen (secondary N) is 1. The Bertz CT molecular complexity index is 650. The van der Waals surface area contributed by atoms with Crippen LogP contribution < -0.4 is 15.8 Å². The molecule has 2 aromatic rings. The largest absolute Gasteiger partial charge is 0.497 e. The van der Waals surface area contributed by atoms with Crippen molar-refractivity contribution in [3.05, 3.63) is 42.2 Å². The van der Waals surface area contributed by atoms with Gasteiger partial charge in [-0.3, -0.25) is 4.79 Å². The zero-order valence-corrected chi connectivity index (χ0v) is 13.1. The molecule has 0 radical (unpaired) electrons. The van der Waals surface area contributed by atoms with Crippen LogP contribution in [0.15, 0.2) is 36.5 Å². The summed E-state index contributed by atoms with van der Waals surface area (Å²) in [7, 11) is 1.63. The second-order valence-corrected chi connectivity index (χ2v) is 5.29. The summed E-state index contributed by atoms with van der Waals surface area (Å²) in [6.45, 7) is 0.390. The normalized spacial score (nSPS) is 14.8. The summed E-state index contributed by atoms with van der Waals surface area (Å²) in [5.41, 5.74) is 6.92. The van der Waals surface area contributed by atoms with Crippen molar-refractivity contribution < 1.29 is 9.53 Å². The van der Waals surface area contributed by atoms with Gasteiger partial charge in [0.15, 0.2) is 0 Å². The number of halogens is 1. The van der Waals surface area contributed by atoms with Crippen LogP contribution in [0.2, 0.25) is 0 Å². The number of aromatic nitrogens is 2. The molecule has 0 atom stereocenters. The van der Waals surface area contributed by atoms with Gasteiger partial charge in [-0.2, -0.15) is 5.10 Å². The zero-order chi connectivity index (χ0) is 14.9. The first-order valence-electron chi connectivity index (χ1n) is 6.87. The fraction of sp³-hybridized carbons (Fsp3) is 0.333. The maximum Gasteiger partial charge on any atom is 0.240 e. The van der Waals surface area contributed by atoms with Crippen LogP contribution in [-0.2, 0) is 11.3 Å². The summed E-state index contributed by atoms with van der Waals surface area (Å²) in [4.78, 5) is 11.8. The third-order valence-corrected chi connectivity index (χ3v) is 3.65. The molecule has 1 heterocycles. The van der Waals surface area contributed by atoms with Crippen molar-refractivity contribution in [3.63, 3.8) is 0 Å². The lowest BCUT2D eigenvalue weighted by Crippen LogP contribution is -2.42. The second-order valence-electron chi connectivity index (χ2n) is 5.29. The second kappa shape index (κ2) is 6.37. The van der Waals surface area contributed by atoms with E-state index in [1.165, 1.54) is 0 Å². The average molecular weight is 323 g/mol. The van der Waals surface area contributed by atoms with E-state index in [1.54, 1.807) is 11.8 Å². The minimum Gasteiger partial charge on any atom is -0.497 e. The van der Waals surface area contributed by atoms with Gasteiger partial charge in [0.25, 0.3) is 0 Å². The van der Waals surface area contributed by atoms with E-state index < -0.39 is 5.54 Å². The molecule has 1 aliphatic rings. The fourth-order valence-corrected chi connectivity index (χ4v) is 2.04. The van der Waals surface area contributed by atoms with Crippen LogP contribution in [0.3, 0.4) is 0 Å². The van der Waals surface area contributed by atoms with Crippen LogP contribution in [0.5, 0.6) is 5.75 Å². The number of nitrogens with zero attached hydrogens (tertiary/aromatic N) is 2. The Kier molecular flexibility index (Phi) is 4.73. The van der Waals surface area contributed by atoms with Crippen molar-refractivity contribution in [2.45, 2.75) is 24.9 Å². The molecule has 0 spiro atoms. The van der Waals surface area contributed by atoms with Gasteiger partial charge >= 0.3 is 0 Å². The Morgan fingerprint density at radius 3 is 2.64 bits per heavy atom. The molecule has 7 heteroatoms. The first-order chi connectivity index (χ1) is 10.1. The highest BCUT2D eigenvalue weighted by Gasteiger charge is 2.45. The number of hydrogen-bond donors (Lipinski definition) is 2. The summed E-state index contributed by atoms with van der Waals surface area (Å²) in [5, 5.41) is 7.26. The highest BCUT2D eigenvalue weighted by atomic mass is 35.5. The molecule has 0 aliphatic heterocycles. The predicted octanol–water partition coefficient (Wildman–Crippen LogP) is 1.41. The number of ether oxygens (including phenoxy) is 1. The number of hydrogen-bond acceptors (Lipinski definition) is 4. The topological polar surface area (TPSA) is 82.2 Å². The van der Waals surface area contributed by atoms with Crippen LogP contribution >= 0.6 is 12.4 Å². The molecular weight excluding hydrogens is 304 g/mol. The minimum atomic E-state index is -0.640. The Labute approximate surface area is 135 Å². The van der Waals surface area contributed by atoms with Crippen molar-refractivity contribution >= 4 is 18.3 Å². The van der Waals surface area contributed by atoms with E-state index in [2.05, 4.69) is 10.4 Å². The molecule has 0 unspecified atom stereocenters. The summed E-state index contributed by atoms with van der Waals surface area (Å²) < 4.78 is 6.88. The van der Waals surface area contributed by atoms with Gasteiger partial charge in [0.1, 0.15) is 5.75 Å². The summed E-state index contributed by atoms with van der Waals surface area (Å²) in [6, 6.07) is 9.48. The Balaban J connectivity index is 0.00000176. The highest BCUT2D eigenvalue weighted by Crippen LogP contribution is 2.32. The maximum atomic E-state index is 11.8. The molecule has 22 heavy (non-hydrogen) atoms. The van der Waals surface area contributed by atoms with Gasteiger partial charge in [-0.25, -0.2) is 4.68 Å². The minimum absolute atomic E-state index is 0. The number of carbonyl (C=O) groups excluding carboxylic acids is 1. The van der Waals surface area contributed by atoms with Gasteiger partial charge in [-0.15, -0.1) is 12.4 Å². The monoisotopic (exact) mass is 322 g/mol. The molecule has 3 N–H and O–H groups in total. The van der Waals surface area contributed by atoms with Gasteiger partial charge in [0, 0.05) is 6.20 Å². The molecule has 1 amide bonds. The predicted molar refractivity (Wildman–Crippen MR) is 85.4 cm³/mol. The number of carbonyl (C=O) groups is 1. The van der Waals surface area contributed by atoms with E-state index >= 15 is 0 Å². The molecular formula is C15H19ClN4O2. The van der Waals surface area contributed by atoms with Gasteiger partial charge in [0.05, 0.1) is 30.6 Å². The SMILES string of the molecule is COc1ccc(-n2ccc(CNC(=O)C3(N)CC3)n2)cc1.Cl. The third-order valence-electron chi connectivity index (χ3n) is 3.65. The molecule has 6 nitrogen and oxygen atoms in total. The van der Waals surface area contributed by atoms with Crippen molar-refractivity contribution in [1.29, 1.82) is 0 Å². The van der Waals surface area contributed by atoms with Crippen molar-refractivity contribution in [3.8, 4) is 11.4 Å². The van der Waals surface area contributed by atoms with Gasteiger partial charge < -0.3 is 15.8 Å². The first-order valence-corrected chi connectivity index (χ1v) is 6.87. The Morgan fingerprint density at radius 1 is 1.36 bits per heavy atom. The fourth-order valence-electron chi connectivity index (χ4n) is 2.04. The number of amides is 1. The van der Waals surface area contributed by atoms with Gasteiger partial charge in [-0.05, 0) is 43.2 Å². The van der Waals surface area contributed by atoms with Crippen LogP contribution in [0.4, 0.5) is 0 Å². The van der Waals surface area contributed by atoms with Crippen LogP contribution in [0.1, 0.15) is 18.5 Å². The van der Waals surface area contributed by atoms with E-state index in [1.807, 2.05) is 36.5 Å². The molecule has 118 valence electrons. The number of rotatable bonds is 5. The quantitative estimate of drug-likeness (QED) is 0.872. The lowest BCUT2D eigenvalue weighted by Gasteiger charge is -2.08. The van der Waals surface area contributed by atoms with E-state index in [0.717, 1.165) is 30.0 Å². The Morgan fingerprint density at radius 2 is 2.05 bits per heavy atom. The van der Waals surface area contributed by atoms with E-state index in [0.29, 0.717) is 6.54 Å². The maximum absolute atomic E-state index is 11.8. The van der Waals surface area contributed by atoms with E-state index in [-0.39, 0.29) is 18.3 Å². The first kappa shape index (κ1) is 16.3. The molecule has 1 saturated carbocycles. The molecule has 1 aromatic carbocycles. The molecule has 3 rings (SSSR count). The lowest BCUT2D eigenvalue weighted by molar-refractivity contribution is -0.123. The number of nitrogens with two attached hydrogens (primary N) is 1. The van der Waals surface area contributed by atoms with Gasteiger partial charge in [0.2, 0.25) is 5.91 Å². The summed E-state index contributed by atoms with van der Waals surface area (Å²) in [5.74, 6) is 0.706. The standard InChI is InChI=1S/C15H18N4O2.ClH/c1-21-13-4-2-12(3-5-13)19-9-6-11(18-19)10-17-14(20)15(16)7-8-15;/h2-6,9H,7-8,10,16H2,1H3,(H,17,20);1H. The summed E-state index contributed by atoms with van der Waals surface area (Å²) in [6.07, 6.45) is 3.39. The molecule has 1 aliphatic carbocycles. The highest BCUT2D eigenvalue weighted by molar-refractivity contribution is 5.88. The average Bonchev–Trinajstić information content (AvgIpc) is 3.10. The van der Waals surface area contributed by atoms with Crippen molar-refractivity contribution in [2.24, 2.45) is 5.73 Å². The summed E-state index contributed by atoms with van der Waals surface area (Å²) >= 11 is 0. The van der Waals surface area contributed by atoms with Crippen LogP contribution in [-0.4, -0.2) is 28.3 Å². The van der Waals surface area contributed by atoms with E-state index in [9.17, 15) is 4.79 Å². The van der Waals surface area contributed by atoms with E-state index in [4.69, 9.17) is 10.5 Å². The van der Waals surface area contributed by atoms with Crippen LogP contribution in [0, 0.1) is 0 Å². The molecule has 0 bridgehead atoms. The molecule has 1 aromatic heterocycles. The number of methoxy groups -OCH3 is 1. The molecule has 1 fully saturated rings. The van der Waals surface area contributed by atoms with Crippen molar-refractivity contribution in [1.82, 2.24) is 15.1 Å². The third kappa shape index (κ3) is 3.40.